The zero-order chi connectivity index (χ0) is 13.1. The zero-order valence-electron chi connectivity index (χ0n) is 9.61. The van der Waals surface area contributed by atoms with Gasteiger partial charge in [0.25, 0.3) is 0 Å². The third-order valence-corrected chi connectivity index (χ3v) is 3.42. The van der Waals surface area contributed by atoms with E-state index in [-0.39, 0.29) is 10.6 Å². The van der Waals surface area contributed by atoms with Crippen molar-refractivity contribution >= 4 is 17.4 Å². The fourth-order valence-electron chi connectivity index (χ4n) is 1.45. The highest BCUT2D eigenvalue weighted by molar-refractivity contribution is 7.99. The summed E-state index contributed by atoms with van der Waals surface area (Å²) < 4.78 is 32.2. The predicted molar refractivity (Wildman–Crippen MR) is 67.9 cm³/mol. The Morgan fingerprint density at radius 1 is 1.06 bits per heavy atom. The number of nitrogen functional groups attached to an aromatic ring is 1. The van der Waals surface area contributed by atoms with Gasteiger partial charge in [0.05, 0.1) is 17.7 Å². The molecular formula is C13H11F2NOS. The number of methoxy groups -OCH3 is 1. The van der Waals surface area contributed by atoms with Crippen LogP contribution in [-0.4, -0.2) is 7.11 Å². The van der Waals surface area contributed by atoms with Crippen LogP contribution in [0.1, 0.15) is 0 Å². The van der Waals surface area contributed by atoms with Gasteiger partial charge in [-0.25, -0.2) is 8.78 Å². The number of halogens is 2. The lowest BCUT2D eigenvalue weighted by atomic mass is 10.3. The Morgan fingerprint density at radius 2 is 1.78 bits per heavy atom. The van der Waals surface area contributed by atoms with Crippen LogP contribution in [0.2, 0.25) is 0 Å². The SMILES string of the molecule is COc1cc(Sc2ccccc2F)c(F)cc1N. The molecule has 2 aromatic rings. The van der Waals surface area contributed by atoms with Crippen LogP contribution in [-0.2, 0) is 0 Å². The van der Waals surface area contributed by atoms with Crippen molar-refractivity contribution in [2.24, 2.45) is 0 Å². The predicted octanol–water partition coefficient (Wildman–Crippen LogP) is 3.71. The summed E-state index contributed by atoms with van der Waals surface area (Å²) in [6, 6.07) is 8.82. The van der Waals surface area contributed by atoms with Crippen molar-refractivity contribution in [3.8, 4) is 5.75 Å². The maximum Gasteiger partial charge on any atom is 0.143 e. The van der Waals surface area contributed by atoms with E-state index in [0.29, 0.717) is 10.6 Å². The van der Waals surface area contributed by atoms with Gasteiger partial charge in [0.2, 0.25) is 0 Å². The molecule has 18 heavy (non-hydrogen) atoms. The minimum absolute atomic E-state index is 0.216. The second kappa shape index (κ2) is 5.27. The molecular weight excluding hydrogens is 256 g/mol. The molecule has 0 saturated heterocycles. The molecule has 0 radical (unpaired) electrons. The normalized spacial score (nSPS) is 10.4. The lowest BCUT2D eigenvalue weighted by Gasteiger charge is -2.09. The fraction of sp³-hybridized carbons (Fsp3) is 0.0769. The third-order valence-electron chi connectivity index (χ3n) is 2.34. The first-order valence-corrected chi connectivity index (χ1v) is 5.99. The van der Waals surface area contributed by atoms with Gasteiger partial charge in [-0.2, -0.15) is 0 Å². The second-order valence-electron chi connectivity index (χ2n) is 3.56. The lowest BCUT2D eigenvalue weighted by Crippen LogP contribution is -1.95. The molecule has 0 saturated carbocycles. The quantitative estimate of drug-likeness (QED) is 0.861. The third kappa shape index (κ3) is 2.56. The van der Waals surface area contributed by atoms with Gasteiger partial charge in [-0.05, 0) is 18.2 Å². The Bertz CT molecular complexity index is 575. The summed E-state index contributed by atoms with van der Waals surface area (Å²) in [5.41, 5.74) is 5.79. The summed E-state index contributed by atoms with van der Waals surface area (Å²) in [5.74, 6) is -0.519. The van der Waals surface area contributed by atoms with Gasteiger partial charge in [-0.15, -0.1) is 0 Å². The lowest BCUT2D eigenvalue weighted by molar-refractivity contribution is 0.414. The molecule has 5 heteroatoms. The molecule has 0 aliphatic heterocycles. The summed E-state index contributed by atoms with van der Waals surface area (Å²) >= 11 is 0.994. The van der Waals surface area contributed by atoms with Crippen molar-refractivity contribution in [2.45, 2.75) is 9.79 Å². The molecule has 2 rings (SSSR count). The van der Waals surface area contributed by atoms with Crippen LogP contribution in [0, 0.1) is 11.6 Å². The van der Waals surface area contributed by atoms with E-state index in [4.69, 9.17) is 10.5 Å². The second-order valence-corrected chi connectivity index (χ2v) is 4.64. The van der Waals surface area contributed by atoms with Crippen molar-refractivity contribution in [2.75, 3.05) is 12.8 Å². The summed E-state index contributed by atoms with van der Waals surface area (Å²) in [5, 5.41) is 0. The van der Waals surface area contributed by atoms with Gasteiger partial charge in [0, 0.05) is 11.0 Å². The van der Waals surface area contributed by atoms with Crippen LogP contribution < -0.4 is 10.5 Å². The first-order valence-electron chi connectivity index (χ1n) is 5.17. The zero-order valence-corrected chi connectivity index (χ0v) is 10.4. The van der Waals surface area contributed by atoms with E-state index in [2.05, 4.69) is 0 Å². The van der Waals surface area contributed by atoms with Crippen LogP contribution in [0.4, 0.5) is 14.5 Å². The Kier molecular flexibility index (Phi) is 3.72. The minimum atomic E-state index is -0.499. The molecule has 2 N–H and O–H groups in total. The van der Waals surface area contributed by atoms with E-state index in [9.17, 15) is 8.78 Å². The van der Waals surface area contributed by atoms with Gasteiger partial charge >= 0.3 is 0 Å². The molecule has 0 aromatic heterocycles. The first-order chi connectivity index (χ1) is 8.61. The van der Waals surface area contributed by atoms with Gasteiger partial charge in [0.15, 0.2) is 0 Å². The van der Waals surface area contributed by atoms with Crippen molar-refractivity contribution in [1.29, 1.82) is 0 Å². The highest BCUT2D eigenvalue weighted by atomic mass is 32.2. The largest absolute Gasteiger partial charge is 0.495 e. The average Bonchev–Trinajstić information content (AvgIpc) is 2.35. The molecule has 0 aliphatic carbocycles. The molecule has 0 heterocycles. The van der Waals surface area contributed by atoms with Gasteiger partial charge in [-0.1, -0.05) is 23.9 Å². The molecule has 0 spiro atoms. The van der Waals surface area contributed by atoms with Crippen molar-refractivity contribution < 1.29 is 13.5 Å². The molecule has 0 unspecified atom stereocenters. The minimum Gasteiger partial charge on any atom is -0.495 e. The standard InChI is InChI=1S/C13H11F2NOS/c1-17-11-7-13(9(15)6-10(11)16)18-12-5-3-2-4-8(12)14/h2-7H,16H2,1H3. The topological polar surface area (TPSA) is 35.2 Å². The van der Waals surface area contributed by atoms with Gasteiger partial charge in [0.1, 0.15) is 17.4 Å². The maximum atomic E-state index is 13.7. The average molecular weight is 267 g/mol. The summed E-state index contributed by atoms with van der Waals surface area (Å²) in [7, 11) is 1.45. The van der Waals surface area contributed by atoms with E-state index >= 15 is 0 Å². The number of hydrogen-bond donors (Lipinski definition) is 1. The van der Waals surface area contributed by atoms with Crippen molar-refractivity contribution in [3.05, 3.63) is 48.0 Å². The molecule has 0 fully saturated rings. The molecule has 2 aromatic carbocycles. The van der Waals surface area contributed by atoms with E-state index in [1.807, 2.05) is 0 Å². The monoisotopic (exact) mass is 267 g/mol. The summed E-state index contributed by atoms with van der Waals surface area (Å²) in [6.45, 7) is 0. The van der Waals surface area contributed by atoms with E-state index < -0.39 is 11.6 Å². The molecule has 2 nitrogen and oxygen atoms in total. The number of nitrogens with two attached hydrogens (primary N) is 1. The number of ether oxygens (including phenoxy) is 1. The Balaban J connectivity index is 2.38. The number of anilines is 1. The first kappa shape index (κ1) is 12.7. The van der Waals surface area contributed by atoms with Crippen LogP contribution in [0.15, 0.2) is 46.2 Å². The maximum absolute atomic E-state index is 13.7. The Labute approximate surface area is 108 Å². The van der Waals surface area contributed by atoms with Crippen LogP contribution in [0.25, 0.3) is 0 Å². The number of hydrogen-bond acceptors (Lipinski definition) is 3. The smallest absolute Gasteiger partial charge is 0.143 e. The van der Waals surface area contributed by atoms with Crippen LogP contribution in [0.5, 0.6) is 5.75 Å². The summed E-state index contributed by atoms with van der Waals surface area (Å²) in [6.07, 6.45) is 0. The van der Waals surface area contributed by atoms with Crippen molar-refractivity contribution in [1.82, 2.24) is 0 Å². The van der Waals surface area contributed by atoms with Crippen molar-refractivity contribution in [3.63, 3.8) is 0 Å². The molecule has 0 atom stereocenters. The van der Waals surface area contributed by atoms with Gasteiger partial charge < -0.3 is 10.5 Å². The number of rotatable bonds is 3. The highest BCUT2D eigenvalue weighted by Gasteiger charge is 2.11. The highest BCUT2D eigenvalue weighted by Crippen LogP contribution is 2.36. The molecule has 94 valence electrons. The molecule has 0 aliphatic rings. The van der Waals surface area contributed by atoms with E-state index in [1.54, 1.807) is 18.2 Å². The molecule has 0 bridgehead atoms. The summed E-state index contributed by atoms with van der Waals surface area (Å²) in [4.78, 5) is 0.620. The Morgan fingerprint density at radius 3 is 2.44 bits per heavy atom. The van der Waals surface area contributed by atoms with Crippen LogP contribution >= 0.6 is 11.8 Å². The van der Waals surface area contributed by atoms with E-state index in [1.165, 1.54) is 25.3 Å². The number of benzene rings is 2. The molecule has 0 amide bonds. The van der Waals surface area contributed by atoms with Gasteiger partial charge in [-0.3, -0.25) is 0 Å². The van der Waals surface area contributed by atoms with E-state index in [0.717, 1.165) is 11.8 Å². The fourth-order valence-corrected chi connectivity index (χ4v) is 2.32. The Hall–Kier alpha value is -1.75. The van der Waals surface area contributed by atoms with Crippen LogP contribution in [0.3, 0.4) is 0 Å².